The Bertz CT molecular complexity index is 363. The molecule has 0 N–H and O–H groups in total. The molecule has 2 nitrogen and oxygen atoms in total. The predicted molar refractivity (Wildman–Crippen MR) is 67.6 cm³/mol. The van der Waals surface area contributed by atoms with Gasteiger partial charge >= 0.3 is 5.97 Å². The van der Waals surface area contributed by atoms with Crippen molar-refractivity contribution in [2.45, 2.75) is 13.8 Å². The van der Waals surface area contributed by atoms with Crippen molar-refractivity contribution in [1.29, 1.82) is 0 Å². The number of benzene rings is 1. The zero-order valence-electron chi connectivity index (χ0n) is 7.93. The first-order valence-electron chi connectivity index (χ1n) is 4.19. The molecule has 76 valence electrons. The molecule has 0 heterocycles. The third kappa shape index (κ3) is 2.70. The average molecular weight is 369 g/mol. The first-order chi connectivity index (χ1) is 6.56. The number of esters is 1. The molecule has 0 atom stereocenters. The van der Waals surface area contributed by atoms with Gasteiger partial charge in [-0.05, 0) is 70.1 Å². The summed E-state index contributed by atoms with van der Waals surface area (Å²) in [5.41, 5.74) is 1.65. The molecule has 0 fully saturated rings. The van der Waals surface area contributed by atoms with E-state index in [1.54, 1.807) is 6.92 Å². The summed E-state index contributed by atoms with van der Waals surface area (Å²) in [5, 5.41) is 0. The second kappa shape index (κ2) is 5.11. The number of hydrogen-bond donors (Lipinski definition) is 0. The molecule has 4 heteroatoms. The second-order valence-electron chi connectivity index (χ2n) is 2.83. The van der Waals surface area contributed by atoms with Gasteiger partial charge in [0.15, 0.2) is 0 Å². The SMILES string of the molecule is CCOC(=O)c1cc(C)cc(I)c1Br. The molecule has 0 aliphatic rings. The van der Waals surface area contributed by atoms with Crippen molar-refractivity contribution in [2.24, 2.45) is 0 Å². The zero-order valence-corrected chi connectivity index (χ0v) is 11.7. The maximum atomic E-state index is 11.5. The number of carbonyl (C=O) groups is 1. The minimum atomic E-state index is -0.277. The molecular formula is C10H10BrIO2. The van der Waals surface area contributed by atoms with Crippen LogP contribution in [0.5, 0.6) is 0 Å². The summed E-state index contributed by atoms with van der Waals surface area (Å²) < 4.78 is 6.77. The lowest BCUT2D eigenvalue weighted by atomic mass is 10.1. The molecule has 0 aromatic heterocycles. The van der Waals surface area contributed by atoms with Crippen molar-refractivity contribution in [1.82, 2.24) is 0 Å². The van der Waals surface area contributed by atoms with Crippen molar-refractivity contribution in [3.05, 3.63) is 31.3 Å². The van der Waals surface area contributed by atoms with E-state index in [1.165, 1.54) is 0 Å². The second-order valence-corrected chi connectivity index (χ2v) is 4.78. The number of hydrogen-bond acceptors (Lipinski definition) is 2. The lowest BCUT2D eigenvalue weighted by Crippen LogP contribution is -2.06. The molecule has 0 unspecified atom stereocenters. The molecule has 0 spiro atoms. The molecule has 0 aliphatic heterocycles. The Morgan fingerprint density at radius 3 is 2.79 bits per heavy atom. The highest BCUT2D eigenvalue weighted by Crippen LogP contribution is 2.25. The molecule has 1 aromatic carbocycles. The van der Waals surface area contributed by atoms with Crippen LogP contribution < -0.4 is 0 Å². The van der Waals surface area contributed by atoms with Crippen molar-refractivity contribution >= 4 is 44.5 Å². The van der Waals surface area contributed by atoms with E-state index < -0.39 is 0 Å². The summed E-state index contributed by atoms with van der Waals surface area (Å²) in [5.74, 6) is -0.277. The van der Waals surface area contributed by atoms with Gasteiger partial charge < -0.3 is 4.74 Å². The van der Waals surface area contributed by atoms with Gasteiger partial charge in [0.2, 0.25) is 0 Å². The van der Waals surface area contributed by atoms with Crippen LogP contribution in [-0.4, -0.2) is 12.6 Å². The highest BCUT2D eigenvalue weighted by atomic mass is 127. The van der Waals surface area contributed by atoms with Crippen molar-refractivity contribution in [2.75, 3.05) is 6.61 Å². The van der Waals surface area contributed by atoms with Crippen LogP contribution in [0.15, 0.2) is 16.6 Å². The van der Waals surface area contributed by atoms with Crippen LogP contribution >= 0.6 is 38.5 Å². The van der Waals surface area contributed by atoms with Gasteiger partial charge in [0.1, 0.15) is 0 Å². The Hall–Kier alpha value is -0.100. The molecule has 14 heavy (non-hydrogen) atoms. The lowest BCUT2D eigenvalue weighted by molar-refractivity contribution is 0.0525. The third-order valence-electron chi connectivity index (χ3n) is 1.67. The largest absolute Gasteiger partial charge is 0.462 e. The quantitative estimate of drug-likeness (QED) is 0.589. The van der Waals surface area contributed by atoms with E-state index in [2.05, 4.69) is 38.5 Å². The van der Waals surface area contributed by atoms with Crippen molar-refractivity contribution in [3.63, 3.8) is 0 Å². The average Bonchev–Trinajstić information content (AvgIpc) is 2.11. The fourth-order valence-corrected chi connectivity index (χ4v) is 2.25. The van der Waals surface area contributed by atoms with Crippen molar-refractivity contribution < 1.29 is 9.53 Å². The summed E-state index contributed by atoms with van der Waals surface area (Å²) >= 11 is 5.56. The summed E-state index contributed by atoms with van der Waals surface area (Å²) in [4.78, 5) is 11.5. The molecule has 0 saturated carbocycles. The predicted octanol–water partition coefficient (Wildman–Crippen LogP) is 3.54. The van der Waals surface area contributed by atoms with Gasteiger partial charge in [0.25, 0.3) is 0 Å². The number of halogens is 2. The summed E-state index contributed by atoms with van der Waals surface area (Å²) in [7, 11) is 0. The van der Waals surface area contributed by atoms with Gasteiger partial charge in [-0.1, -0.05) is 0 Å². The van der Waals surface area contributed by atoms with Crippen LogP contribution in [0.25, 0.3) is 0 Å². The smallest absolute Gasteiger partial charge is 0.339 e. The minimum absolute atomic E-state index is 0.277. The minimum Gasteiger partial charge on any atom is -0.462 e. The number of rotatable bonds is 2. The molecule has 0 radical (unpaired) electrons. The normalized spacial score (nSPS) is 10.0. The van der Waals surface area contributed by atoms with Crippen LogP contribution in [-0.2, 0) is 4.74 Å². The van der Waals surface area contributed by atoms with E-state index in [4.69, 9.17) is 4.74 Å². The van der Waals surface area contributed by atoms with E-state index in [1.807, 2.05) is 19.1 Å². The Balaban J connectivity index is 3.13. The zero-order chi connectivity index (χ0) is 10.7. The topological polar surface area (TPSA) is 26.3 Å². The monoisotopic (exact) mass is 368 g/mol. The summed E-state index contributed by atoms with van der Waals surface area (Å²) in [6.07, 6.45) is 0. The fraction of sp³-hybridized carbons (Fsp3) is 0.300. The van der Waals surface area contributed by atoms with Crippen LogP contribution in [0.4, 0.5) is 0 Å². The van der Waals surface area contributed by atoms with Gasteiger partial charge in [0, 0.05) is 8.04 Å². The standard InChI is InChI=1S/C10H10BrIO2/c1-3-14-10(13)7-4-6(2)5-8(12)9(7)11/h4-5H,3H2,1-2H3. The molecule has 1 aromatic rings. The lowest BCUT2D eigenvalue weighted by Gasteiger charge is -2.07. The van der Waals surface area contributed by atoms with Gasteiger partial charge in [-0.2, -0.15) is 0 Å². The van der Waals surface area contributed by atoms with Crippen LogP contribution in [0, 0.1) is 10.5 Å². The number of ether oxygens (including phenoxy) is 1. The van der Waals surface area contributed by atoms with Crippen molar-refractivity contribution in [3.8, 4) is 0 Å². The van der Waals surface area contributed by atoms with E-state index in [-0.39, 0.29) is 5.97 Å². The van der Waals surface area contributed by atoms with Gasteiger partial charge in [-0.15, -0.1) is 0 Å². The maximum absolute atomic E-state index is 11.5. The van der Waals surface area contributed by atoms with Gasteiger partial charge in [0.05, 0.1) is 12.2 Å². The third-order valence-corrected chi connectivity index (χ3v) is 4.11. The summed E-state index contributed by atoms with van der Waals surface area (Å²) in [6, 6.07) is 3.83. The molecule has 0 amide bonds. The first kappa shape index (κ1) is 12.0. The fourth-order valence-electron chi connectivity index (χ4n) is 1.08. The van der Waals surface area contributed by atoms with E-state index in [0.29, 0.717) is 12.2 Å². The summed E-state index contributed by atoms with van der Waals surface area (Å²) in [6.45, 7) is 4.15. The van der Waals surface area contributed by atoms with E-state index in [9.17, 15) is 4.79 Å². The Labute approximate surface area is 105 Å². The Kier molecular flexibility index (Phi) is 4.37. The van der Waals surface area contributed by atoms with Crippen LogP contribution in [0.1, 0.15) is 22.8 Å². The highest BCUT2D eigenvalue weighted by molar-refractivity contribution is 14.1. The van der Waals surface area contributed by atoms with Crippen LogP contribution in [0.3, 0.4) is 0 Å². The molecule has 1 rings (SSSR count). The highest BCUT2D eigenvalue weighted by Gasteiger charge is 2.13. The maximum Gasteiger partial charge on any atom is 0.339 e. The van der Waals surface area contributed by atoms with Crippen LogP contribution in [0.2, 0.25) is 0 Å². The molecule has 0 saturated heterocycles. The first-order valence-corrected chi connectivity index (χ1v) is 6.06. The molecule has 0 aliphatic carbocycles. The van der Waals surface area contributed by atoms with Gasteiger partial charge in [-0.25, -0.2) is 4.79 Å². The van der Waals surface area contributed by atoms with E-state index in [0.717, 1.165) is 13.6 Å². The molecular weight excluding hydrogens is 359 g/mol. The van der Waals surface area contributed by atoms with Gasteiger partial charge in [-0.3, -0.25) is 0 Å². The molecule has 0 bridgehead atoms. The Morgan fingerprint density at radius 2 is 2.21 bits per heavy atom. The van der Waals surface area contributed by atoms with E-state index >= 15 is 0 Å². The number of carbonyl (C=O) groups excluding carboxylic acids is 1. The number of aryl methyl sites for hydroxylation is 1. The Morgan fingerprint density at radius 1 is 1.57 bits per heavy atom.